The fourth-order valence-corrected chi connectivity index (χ4v) is 2.94. The van der Waals surface area contributed by atoms with Crippen molar-refractivity contribution in [3.05, 3.63) is 54.3 Å². The van der Waals surface area contributed by atoms with Crippen LogP contribution in [0.15, 0.2) is 48.5 Å². The van der Waals surface area contributed by atoms with Gasteiger partial charge in [0.2, 0.25) is 6.29 Å². The molecule has 134 valence electrons. The van der Waals surface area contributed by atoms with Crippen LogP contribution in [-0.4, -0.2) is 46.5 Å². The molecule has 0 bridgehead atoms. The van der Waals surface area contributed by atoms with Crippen molar-refractivity contribution >= 4 is 0 Å². The normalized spacial score (nSPS) is 29.4. The van der Waals surface area contributed by atoms with E-state index in [-0.39, 0.29) is 5.82 Å². The number of benzene rings is 2. The number of hydrogen-bond acceptors (Lipinski definition) is 5. The molecule has 0 spiro atoms. The summed E-state index contributed by atoms with van der Waals surface area (Å²) in [6, 6.07) is 13.3. The Bertz CT molecular complexity index is 720. The smallest absolute Gasteiger partial charge is 0.205 e. The molecule has 5 nitrogen and oxygen atoms in total. The molecule has 2 aromatic carbocycles. The van der Waals surface area contributed by atoms with Crippen LogP contribution in [0.4, 0.5) is 4.39 Å². The maximum Gasteiger partial charge on any atom is 0.205 e. The van der Waals surface area contributed by atoms with Gasteiger partial charge in [-0.2, -0.15) is 0 Å². The van der Waals surface area contributed by atoms with Gasteiger partial charge in [0.15, 0.2) is 0 Å². The Kier molecular flexibility index (Phi) is 5.34. The average molecular weight is 348 g/mol. The SMILES string of the molecule is CC1[C@H](Oc2ccccc2-c2cccc(F)c2)OC(CO)[C@H](O)[C@@H]1O. The van der Waals surface area contributed by atoms with Gasteiger partial charge in [-0.25, -0.2) is 4.39 Å². The predicted molar refractivity (Wildman–Crippen MR) is 89.4 cm³/mol. The second kappa shape index (κ2) is 7.49. The van der Waals surface area contributed by atoms with E-state index in [1.54, 1.807) is 37.3 Å². The van der Waals surface area contributed by atoms with E-state index in [4.69, 9.17) is 9.47 Å². The van der Waals surface area contributed by atoms with Gasteiger partial charge in [-0.1, -0.05) is 37.3 Å². The van der Waals surface area contributed by atoms with E-state index in [1.165, 1.54) is 12.1 Å². The fraction of sp³-hybridized carbons (Fsp3) is 0.368. The number of aliphatic hydroxyl groups is 3. The summed E-state index contributed by atoms with van der Waals surface area (Å²) in [5, 5.41) is 29.4. The first-order chi connectivity index (χ1) is 12.0. The van der Waals surface area contributed by atoms with Crippen LogP contribution in [0.2, 0.25) is 0 Å². The van der Waals surface area contributed by atoms with Crippen LogP contribution in [0.3, 0.4) is 0 Å². The zero-order valence-corrected chi connectivity index (χ0v) is 13.7. The van der Waals surface area contributed by atoms with Gasteiger partial charge in [0.25, 0.3) is 0 Å². The summed E-state index contributed by atoms with van der Waals surface area (Å²) >= 11 is 0. The number of rotatable bonds is 4. The zero-order chi connectivity index (χ0) is 18.0. The van der Waals surface area contributed by atoms with Crippen molar-refractivity contribution in [3.63, 3.8) is 0 Å². The molecule has 1 saturated heterocycles. The first-order valence-electron chi connectivity index (χ1n) is 8.15. The minimum atomic E-state index is -1.18. The van der Waals surface area contributed by atoms with Crippen LogP contribution in [-0.2, 0) is 4.74 Å². The Balaban J connectivity index is 1.88. The molecule has 1 aliphatic heterocycles. The lowest BCUT2D eigenvalue weighted by Gasteiger charge is -2.40. The molecule has 1 fully saturated rings. The number of aliphatic hydroxyl groups excluding tert-OH is 3. The second-order valence-electron chi connectivity index (χ2n) is 6.19. The highest BCUT2D eigenvalue weighted by Gasteiger charge is 2.43. The molecule has 0 saturated carbocycles. The van der Waals surface area contributed by atoms with Crippen LogP contribution < -0.4 is 4.74 Å². The van der Waals surface area contributed by atoms with Crippen LogP contribution in [0.25, 0.3) is 11.1 Å². The maximum absolute atomic E-state index is 13.5. The average Bonchev–Trinajstić information content (AvgIpc) is 2.62. The van der Waals surface area contributed by atoms with E-state index >= 15 is 0 Å². The molecule has 0 radical (unpaired) electrons. The van der Waals surface area contributed by atoms with Crippen LogP contribution in [0.1, 0.15) is 6.92 Å². The third kappa shape index (κ3) is 3.67. The molecule has 25 heavy (non-hydrogen) atoms. The summed E-state index contributed by atoms with van der Waals surface area (Å²) < 4.78 is 25.1. The lowest BCUT2D eigenvalue weighted by Crippen LogP contribution is -2.56. The van der Waals surface area contributed by atoms with Crippen molar-refractivity contribution in [1.82, 2.24) is 0 Å². The van der Waals surface area contributed by atoms with Crippen molar-refractivity contribution in [1.29, 1.82) is 0 Å². The molecule has 2 unspecified atom stereocenters. The van der Waals surface area contributed by atoms with Gasteiger partial charge in [0.05, 0.1) is 12.7 Å². The molecule has 1 heterocycles. The Morgan fingerprint density at radius 1 is 1.08 bits per heavy atom. The molecule has 3 rings (SSSR count). The van der Waals surface area contributed by atoms with Crippen molar-refractivity contribution < 1.29 is 29.2 Å². The number of para-hydroxylation sites is 1. The number of hydrogen-bond donors (Lipinski definition) is 3. The van der Waals surface area contributed by atoms with Crippen LogP contribution in [0.5, 0.6) is 5.75 Å². The highest BCUT2D eigenvalue weighted by atomic mass is 19.1. The van der Waals surface area contributed by atoms with E-state index in [0.29, 0.717) is 16.9 Å². The largest absolute Gasteiger partial charge is 0.464 e. The van der Waals surface area contributed by atoms with Gasteiger partial charge in [-0.3, -0.25) is 0 Å². The highest BCUT2D eigenvalue weighted by Crippen LogP contribution is 2.34. The van der Waals surface area contributed by atoms with Gasteiger partial charge in [0.1, 0.15) is 23.8 Å². The summed E-state index contributed by atoms with van der Waals surface area (Å²) in [5.41, 5.74) is 1.33. The lowest BCUT2D eigenvalue weighted by atomic mass is 9.92. The number of ether oxygens (including phenoxy) is 2. The van der Waals surface area contributed by atoms with Crippen molar-refractivity contribution in [3.8, 4) is 16.9 Å². The van der Waals surface area contributed by atoms with Crippen LogP contribution >= 0.6 is 0 Å². The third-order valence-corrected chi connectivity index (χ3v) is 4.45. The quantitative estimate of drug-likeness (QED) is 0.787. The summed E-state index contributed by atoms with van der Waals surface area (Å²) in [6.45, 7) is 1.26. The maximum atomic E-state index is 13.5. The third-order valence-electron chi connectivity index (χ3n) is 4.45. The van der Waals surface area contributed by atoms with E-state index < -0.39 is 37.1 Å². The Morgan fingerprint density at radius 3 is 2.56 bits per heavy atom. The van der Waals surface area contributed by atoms with E-state index in [0.717, 1.165) is 0 Å². The molecule has 0 aliphatic carbocycles. The first-order valence-corrected chi connectivity index (χ1v) is 8.15. The zero-order valence-electron chi connectivity index (χ0n) is 13.7. The standard InChI is InChI=1S/C19H21FO5/c1-11-17(22)18(23)16(10-21)25-19(11)24-15-8-3-2-7-14(15)12-5-4-6-13(20)9-12/h2-9,11,16-19,21-23H,10H2,1H3/t11?,16?,17-,18+,19-/m1/s1. The van der Waals surface area contributed by atoms with Crippen molar-refractivity contribution in [2.45, 2.75) is 31.5 Å². The summed E-state index contributed by atoms with van der Waals surface area (Å²) in [6.07, 6.45) is -4.06. The van der Waals surface area contributed by atoms with E-state index in [9.17, 15) is 19.7 Å². The Labute approximate surface area is 145 Å². The highest BCUT2D eigenvalue weighted by molar-refractivity contribution is 5.70. The second-order valence-corrected chi connectivity index (χ2v) is 6.19. The molecule has 3 N–H and O–H groups in total. The molecule has 1 aliphatic rings. The minimum Gasteiger partial charge on any atom is -0.464 e. The molecule has 2 aromatic rings. The van der Waals surface area contributed by atoms with Gasteiger partial charge in [0, 0.05) is 11.5 Å². The van der Waals surface area contributed by atoms with Crippen LogP contribution in [0, 0.1) is 11.7 Å². The Morgan fingerprint density at radius 2 is 1.84 bits per heavy atom. The van der Waals surface area contributed by atoms with Gasteiger partial charge in [-0.15, -0.1) is 0 Å². The lowest BCUT2D eigenvalue weighted by molar-refractivity contribution is -0.256. The summed E-state index contributed by atoms with van der Waals surface area (Å²) in [5.74, 6) is -0.405. The van der Waals surface area contributed by atoms with Crippen molar-refractivity contribution in [2.75, 3.05) is 6.61 Å². The van der Waals surface area contributed by atoms with Gasteiger partial charge >= 0.3 is 0 Å². The molecule has 5 atom stereocenters. The minimum absolute atomic E-state index is 0.353. The molecular weight excluding hydrogens is 327 g/mol. The fourth-order valence-electron chi connectivity index (χ4n) is 2.94. The number of halogens is 1. The van der Waals surface area contributed by atoms with Crippen molar-refractivity contribution in [2.24, 2.45) is 5.92 Å². The Hall–Kier alpha value is -1.99. The van der Waals surface area contributed by atoms with E-state index in [2.05, 4.69) is 0 Å². The monoisotopic (exact) mass is 348 g/mol. The summed E-state index contributed by atoms with van der Waals surface area (Å²) in [7, 11) is 0. The topological polar surface area (TPSA) is 79.2 Å². The van der Waals surface area contributed by atoms with E-state index in [1.807, 2.05) is 6.07 Å². The molecule has 0 aromatic heterocycles. The van der Waals surface area contributed by atoms with Gasteiger partial charge in [-0.05, 0) is 23.8 Å². The molecular formula is C19H21FO5. The van der Waals surface area contributed by atoms with Gasteiger partial charge < -0.3 is 24.8 Å². The summed E-state index contributed by atoms with van der Waals surface area (Å²) in [4.78, 5) is 0. The molecule has 0 amide bonds. The first kappa shape index (κ1) is 17.8. The predicted octanol–water partition coefficient (Wildman–Crippen LogP) is 1.95. The molecule has 6 heteroatoms.